The van der Waals surface area contributed by atoms with Crippen molar-refractivity contribution in [2.45, 2.75) is 4.90 Å². The van der Waals surface area contributed by atoms with Gasteiger partial charge in [-0.3, -0.25) is 0 Å². The van der Waals surface area contributed by atoms with Crippen LogP contribution in [0.1, 0.15) is 9.67 Å². The van der Waals surface area contributed by atoms with Crippen LogP contribution in [-0.2, 0) is 14.8 Å². The lowest BCUT2D eigenvalue weighted by atomic mass is 10.3. The van der Waals surface area contributed by atoms with E-state index in [-0.39, 0.29) is 17.5 Å². The Kier molecular flexibility index (Phi) is 5.72. The Balaban J connectivity index is 1.84. The smallest absolute Gasteiger partial charge is 0.348 e. The van der Waals surface area contributed by atoms with Crippen LogP contribution in [0.25, 0.3) is 0 Å². The molecule has 0 aliphatic heterocycles. The van der Waals surface area contributed by atoms with E-state index in [4.69, 9.17) is 5.14 Å². The highest BCUT2D eigenvalue weighted by Gasteiger charge is 2.16. The lowest BCUT2D eigenvalue weighted by Crippen LogP contribution is -2.14. The zero-order valence-electron chi connectivity index (χ0n) is 14.6. The largest absolute Gasteiger partial charge is 0.465 e. The third kappa shape index (κ3) is 4.82. The molecular formula is C16H13F2N5O4S2. The number of esters is 1. The van der Waals surface area contributed by atoms with Crippen molar-refractivity contribution in [1.82, 2.24) is 9.97 Å². The van der Waals surface area contributed by atoms with E-state index in [2.05, 4.69) is 25.3 Å². The zero-order valence-corrected chi connectivity index (χ0v) is 16.3. The van der Waals surface area contributed by atoms with Crippen LogP contribution in [0, 0.1) is 11.6 Å². The summed E-state index contributed by atoms with van der Waals surface area (Å²) in [5.41, 5.74) is 0.122. The number of benzene rings is 1. The Bertz CT molecular complexity index is 1180. The highest BCUT2D eigenvalue weighted by molar-refractivity contribution is 7.89. The van der Waals surface area contributed by atoms with Crippen LogP contribution in [0.5, 0.6) is 0 Å². The second-order valence-electron chi connectivity index (χ2n) is 5.49. The monoisotopic (exact) mass is 441 g/mol. The molecule has 4 N–H and O–H groups in total. The van der Waals surface area contributed by atoms with Crippen molar-refractivity contribution in [3.8, 4) is 0 Å². The third-order valence-corrected chi connectivity index (χ3v) is 5.38. The van der Waals surface area contributed by atoms with Crippen molar-refractivity contribution in [3.05, 3.63) is 53.0 Å². The number of rotatable bonds is 6. The number of nitrogens with zero attached hydrogens (tertiary/aromatic N) is 2. The van der Waals surface area contributed by atoms with Crippen LogP contribution in [0.2, 0.25) is 0 Å². The number of halogens is 2. The average Bonchev–Trinajstić information content (AvgIpc) is 3.13. The Morgan fingerprint density at radius 2 is 1.93 bits per heavy atom. The van der Waals surface area contributed by atoms with Gasteiger partial charge in [0, 0.05) is 5.69 Å². The van der Waals surface area contributed by atoms with E-state index in [1.54, 1.807) is 6.07 Å². The van der Waals surface area contributed by atoms with Gasteiger partial charge in [0.1, 0.15) is 15.6 Å². The van der Waals surface area contributed by atoms with Crippen LogP contribution in [0.4, 0.5) is 31.2 Å². The number of methoxy groups -OCH3 is 1. The molecule has 3 rings (SSSR count). The third-order valence-electron chi connectivity index (χ3n) is 3.47. The van der Waals surface area contributed by atoms with Crippen molar-refractivity contribution >= 4 is 49.8 Å². The molecule has 0 radical (unpaired) electrons. The molecule has 0 amide bonds. The van der Waals surface area contributed by atoms with Crippen LogP contribution in [0.3, 0.4) is 0 Å². The Labute approximate surface area is 167 Å². The molecule has 0 atom stereocenters. The molecule has 2 heterocycles. The van der Waals surface area contributed by atoms with Gasteiger partial charge >= 0.3 is 5.97 Å². The van der Waals surface area contributed by atoms with Gasteiger partial charge in [-0.05, 0) is 30.3 Å². The molecule has 0 unspecified atom stereocenters. The van der Waals surface area contributed by atoms with Crippen molar-refractivity contribution in [2.24, 2.45) is 5.14 Å². The fourth-order valence-electron chi connectivity index (χ4n) is 2.18. The maximum Gasteiger partial charge on any atom is 0.348 e. The van der Waals surface area contributed by atoms with Gasteiger partial charge in [-0.15, -0.1) is 11.3 Å². The maximum atomic E-state index is 14.1. The van der Waals surface area contributed by atoms with Crippen LogP contribution in [-0.4, -0.2) is 31.5 Å². The summed E-state index contributed by atoms with van der Waals surface area (Å²) in [4.78, 5) is 18.8. The number of nitrogens with one attached hydrogen (secondary N) is 2. The Hall–Kier alpha value is -3.16. The molecule has 13 heteroatoms. The van der Waals surface area contributed by atoms with Crippen LogP contribution < -0.4 is 15.8 Å². The molecular weight excluding hydrogens is 428 g/mol. The van der Waals surface area contributed by atoms with Crippen LogP contribution in [0.15, 0.2) is 41.4 Å². The minimum atomic E-state index is -4.28. The topological polar surface area (TPSA) is 136 Å². The first-order valence-corrected chi connectivity index (χ1v) is 10.1. The quantitative estimate of drug-likeness (QED) is 0.497. The average molecular weight is 441 g/mol. The van der Waals surface area contributed by atoms with Crippen molar-refractivity contribution in [3.63, 3.8) is 0 Å². The summed E-state index contributed by atoms with van der Waals surface area (Å²) in [5, 5.41) is 10.7. The van der Waals surface area contributed by atoms with Crippen LogP contribution >= 0.6 is 11.3 Å². The molecule has 0 bridgehead atoms. The predicted octanol–water partition coefficient (Wildman–Crippen LogP) is 2.74. The number of sulfonamides is 1. The van der Waals surface area contributed by atoms with Gasteiger partial charge in [0.25, 0.3) is 0 Å². The summed E-state index contributed by atoms with van der Waals surface area (Å²) >= 11 is 1.03. The lowest BCUT2D eigenvalue weighted by molar-refractivity contribution is 0.0606. The number of nitrogens with two attached hydrogens (primary N) is 1. The number of anilines is 4. The molecule has 2 aromatic heterocycles. The van der Waals surface area contributed by atoms with E-state index in [1.807, 2.05) is 0 Å². The van der Waals surface area contributed by atoms with E-state index in [0.29, 0.717) is 9.88 Å². The minimum absolute atomic E-state index is 0.0920. The van der Waals surface area contributed by atoms with Crippen molar-refractivity contribution in [2.75, 3.05) is 17.7 Å². The highest BCUT2D eigenvalue weighted by atomic mass is 32.2. The molecule has 29 heavy (non-hydrogen) atoms. The fraction of sp³-hybridized carbons (Fsp3) is 0.0625. The Morgan fingerprint density at radius 1 is 1.17 bits per heavy atom. The SMILES string of the molecule is COC(=O)c1ccc(Nc2nc(Nc3ccc(F)c(S(N)(=O)=O)c3)ncc2F)s1. The van der Waals surface area contributed by atoms with E-state index in [9.17, 15) is 22.0 Å². The molecule has 152 valence electrons. The number of carbonyl (C=O) groups excluding carboxylic acids is 1. The van der Waals surface area contributed by atoms with E-state index >= 15 is 0 Å². The van der Waals surface area contributed by atoms with Gasteiger partial charge < -0.3 is 15.4 Å². The Morgan fingerprint density at radius 3 is 2.62 bits per heavy atom. The number of hydrogen-bond donors (Lipinski definition) is 3. The summed E-state index contributed by atoms with van der Waals surface area (Å²) < 4.78 is 55.1. The van der Waals surface area contributed by atoms with E-state index in [1.165, 1.54) is 19.2 Å². The van der Waals surface area contributed by atoms with Gasteiger partial charge in [0.05, 0.1) is 18.3 Å². The lowest BCUT2D eigenvalue weighted by Gasteiger charge is -2.09. The first-order chi connectivity index (χ1) is 13.7. The second kappa shape index (κ2) is 8.06. The number of hydrogen-bond acceptors (Lipinski definition) is 9. The highest BCUT2D eigenvalue weighted by Crippen LogP contribution is 2.27. The normalized spacial score (nSPS) is 11.2. The van der Waals surface area contributed by atoms with Crippen molar-refractivity contribution < 1.29 is 26.7 Å². The number of aromatic nitrogens is 2. The molecule has 0 fully saturated rings. The zero-order chi connectivity index (χ0) is 21.2. The van der Waals surface area contributed by atoms with E-state index in [0.717, 1.165) is 29.7 Å². The molecule has 0 spiro atoms. The fourth-order valence-corrected chi connectivity index (χ4v) is 3.63. The minimum Gasteiger partial charge on any atom is -0.465 e. The molecule has 0 saturated carbocycles. The molecule has 9 nitrogen and oxygen atoms in total. The van der Waals surface area contributed by atoms with Gasteiger partial charge in [-0.1, -0.05) is 0 Å². The van der Waals surface area contributed by atoms with Gasteiger partial charge in [-0.2, -0.15) is 4.98 Å². The summed E-state index contributed by atoms with van der Waals surface area (Å²) in [7, 11) is -3.03. The first-order valence-electron chi connectivity index (χ1n) is 7.74. The summed E-state index contributed by atoms with van der Waals surface area (Å²) in [6.07, 6.45) is 0.886. The standard InChI is InChI=1S/C16H13F2N5O4S2/c1-27-15(24)11-4-5-13(28-11)22-14-10(18)7-20-16(23-14)21-8-2-3-9(17)12(6-8)29(19,25)26/h2-7H,1H3,(H2,19,25,26)(H2,20,21,22,23). The van der Waals surface area contributed by atoms with Crippen molar-refractivity contribution in [1.29, 1.82) is 0 Å². The summed E-state index contributed by atoms with van der Waals surface area (Å²) in [5.74, 6) is -2.61. The molecule has 0 saturated heterocycles. The summed E-state index contributed by atoms with van der Waals surface area (Å²) in [6, 6.07) is 6.16. The number of ether oxygens (including phenoxy) is 1. The molecule has 1 aromatic carbocycles. The maximum absolute atomic E-state index is 14.1. The van der Waals surface area contributed by atoms with Gasteiger partial charge in [0.2, 0.25) is 16.0 Å². The van der Waals surface area contributed by atoms with E-state index < -0.39 is 32.5 Å². The number of thiophene rings is 1. The number of primary sulfonamides is 1. The second-order valence-corrected chi connectivity index (χ2v) is 8.10. The summed E-state index contributed by atoms with van der Waals surface area (Å²) in [6.45, 7) is 0. The molecule has 0 aliphatic rings. The predicted molar refractivity (Wildman–Crippen MR) is 102 cm³/mol. The van der Waals surface area contributed by atoms with Gasteiger partial charge in [-0.25, -0.2) is 32.1 Å². The molecule has 3 aromatic rings. The number of carbonyl (C=O) groups is 1. The van der Waals surface area contributed by atoms with Gasteiger partial charge in [0.15, 0.2) is 11.6 Å². The molecule has 0 aliphatic carbocycles. The first kappa shape index (κ1) is 20.6.